The first kappa shape index (κ1) is 14.2. The van der Waals surface area contributed by atoms with Crippen LogP contribution in [0.3, 0.4) is 0 Å². The van der Waals surface area contributed by atoms with Gasteiger partial charge in [-0.25, -0.2) is 0 Å². The Morgan fingerprint density at radius 2 is 1.74 bits per heavy atom. The quantitative estimate of drug-likeness (QED) is 0.884. The van der Waals surface area contributed by atoms with Crippen molar-refractivity contribution in [3.8, 4) is 11.5 Å². The molecule has 1 aliphatic rings. The lowest BCUT2D eigenvalue weighted by Crippen LogP contribution is -2.37. The lowest BCUT2D eigenvalue weighted by Gasteiger charge is -2.34. The molecule has 0 aromatic heterocycles. The Hall–Kier alpha value is -1.22. The van der Waals surface area contributed by atoms with Crippen LogP contribution in [0.2, 0.25) is 0 Å². The third-order valence-electron chi connectivity index (χ3n) is 4.07. The van der Waals surface area contributed by atoms with Crippen molar-refractivity contribution < 1.29 is 9.47 Å². The molecule has 3 heteroatoms. The first-order chi connectivity index (χ1) is 9.31. The van der Waals surface area contributed by atoms with Crippen LogP contribution in [0.25, 0.3) is 0 Å². The summed E-state index contributed by atoms with van der Waals surface area (Å²) in [5, 5.41) is 3.62. The van der Waals surface area contributed by atoms with Crippen molar-refractivity contribution in [1.29, 1.82) is 0 Å². The van der Waals surface area contributed by atoms with E-state index >= 15 is 0 Å². The van der Waals surface area contributed by atoms with Crippen LogP contribution in [0, 0.1) is 0 Å². The molecule has 19 heavy (non-hydrogen) atoms. The highest BCUT2D eigenvalue weighted by Crippen LogP contribution is 2.42. The highest BCUT2D eigenvalue weighted by atomic mass is 16.5. The summed E-state index contributed by atoms with van der Waals surface area (Å²) in [4.78, 5) is 0. The largest absolute Gasteiger partial charge is 0.496 e. The predicted octanol–water partition coefficient (Wildman–Crippen LogP) is 3.34. The lowest BCUT2D eigenvalue weighted by molar-refractivity contribution is 0.308. The van der Waals surface area contributed by atoms with Crippen molar-refractivity contribution in [1.82, 2.24) is 5.32 Å². The van der Waals surface area contributed by atoms with E-state index in [1.54, 1.807) is 14.2 Å². The van der Waals surface area contributed by atoms with Crippen LogP contribution in [-0.2, 0) is 0 Å². The molecule has 1 N–H and O–H groups in total. The fraction of sp³-hybridized carbons (Fsp3) is 0.625. The molecule has 2 rings (SSSR count). The number of ether oxygens (including phenoxy) is 2. The van der Waals surface area contributed by atoms with Crippen molar-refractivity contribution in [3.05, 3.63) is 23.8 Å². The average molecular weight is 263 g/mol. The molecule has 0 heterocycles. The van der Waals surface area contributed by atoms with Crippen LogP contribution >= 0.6 is 0 Å². The van der Waals surface area contributed by atoms with Gasteiger partial charge in [0.25, 0.3) is 0 Å². The third-order valence-corrected chi connectivity index (χ3v) is 4.07. The fourth-order valence-corrected chi connectivity index (χ4v) is 3.23. The zero-order chi connectivity index (χ0) is 13.7. The van der Waals surface area contributed by atoms with E-state index < -0.39 is 0 Å². The van der Waals surface area contributed by atoms with Gasteiger partial charge in [-0.15, -0.1) is 0 Å². The zero-order valence-electron chi connectivity index (χ0n) is 12.2. The monoisotopic (exact) mass is 263 g/mol. The maximum Gasteiger partial charge on any atom is 0.126 e. The van der Waals surface area contributed by atoms with E-state index in [9.17, 15) is 0 Å². The Morgan fingerprint density at radius 3 is 2.32 bits per heavy atom. The fourth-order valence-electron chi connectivity index (χ4n) is 3.23. The summed E-state index contributed by atoms with van der Waals surface area (Å²) in [7, 11) is 3.48. The van der Waals surface area contributed by atoms with Gasteiger partial charge in [-0.2, -0.15) is 0 Å². The molecule has 3 nitrogen and oxygen atoms in total. The van der Waals surface area contributed by atoms with Crippen molar-refractivity contribution in [2.75, 3.05) is 20.8 Å². The molecule has 2 unspecified atom stereocenters. The minimum atomic E-state index is 0.486. The molecule has 1 aromatic rings. The Balaban J connectivity index is 2.36. The van der Waals surface area contributed by atoms with Crippen LogP contribution in [0.5, 0.6) is 11.5 Å². The second-order valence-electron chi connectivity index (χ2n) is 5.13. The van der Waals surface area contributed by atoms with Crippen LogP contribution < -0.4 is 14.8 Å². The van der Waals surface area contributed by atoms with E-state index in [1.807, 2.05) is 18.2 Å². The van der Waals surface area contributed by atoms with Crippen LogP contribution in [0.15, 0.2) is 18.2 Å². The van der Waals surface area contributed by atoms with Crippen LogP contribution in [0.4, 0.5) is 0 Å². The maximum atomic E-state index is 5.56. The molecule has 1 aliphatic carbocycles. The SMILES string of the molecule is CCNC1CCCCC1c1c(OC)cccc1OC. The van der Waals surface area contributed by atoms with Gasteiger partial charge >= 0.3 is 0 Å². The van der Waals surface area contributed by atoms with Crippen molar-refractivity contribution in [3.63, 3.8) is 0 Å². The molecule has 0 spiro atoms. The highest BCUT2D eigenvalue weighted by molar-refractivity contribution is 5.48. The van der Waals surface area contributed by atoms with Gasteiger partial charge in [0, 0.05) is 17.5 Å². The van der Waals surface area contributed by atoms with Crippen LogP contribution in [-0.4, -0.2) is 26.8 Å². The van der Waals surface area contributed by atoms with Gasteiger partial charge in [0.1, 0.15) is 11.5 Å². The number of rotatable bonds is 5. The molecular formula is C16H25NO2. The zero-order valence-corrected chi connectivity index (χ0v) is 12.2. The molecule has 0 aliphatic heterocycles. The van der Waals surface area contributed by atoms with E-state index in [1.165, 1.54) is 31.2 Å². The molecule has 1 fully saturated rings. The average Bonchev–Trinajstić information content (AvgIpc) is 2.47. The van der Waals surface area contributed by atoms with E-state index in [-0.39, 0.29) is 0 Å². The van der Waals surface area contributed by atoms with E-state index in [2.05, 4.69) is 12.2 Å². The Kier molecular flexibility index (Phi) is 5.08. The van der Waals surface area contributed by atoms with E-state index in [0.29, 0.717) is 12.0 Å². The van der Waals surface area contributed by atoms with Gasteiger partial charge < -0.3 is 14.8 Å². The first-order valence-electron chi connectivity index (χ1n) is 7.26. The van der Waals surface area contributed by atoms with E-state index in [0.717, 1.165) is 18.0 Å². The van der Waals surface area contributed by atoms with Crippen LogP contribution in [0.1, 0.15) is 44.1 Å². The summed E-state index contributed by atoms with van der Waals surface area (Å²) in [5.74, 6) is 2.39. The minimum absolute atomic E-state index is 0.486. The Labute approximate surface area is 116 Å². The topological polar surface area (TPSA) is 30.5 Å². The predicted molar refractivity (Wildman–Crippen MR) is 78.2 cm³/mol. The number of benzene rings is 1. The first-order valence-corrected chi connectivity index (χ1v) is 7.26. The molecule has 0 bridgehead atoms. The minimum Gasteiger partial charge on any atom is -0.496 e. The Bertz CT molecular complexity index is 381. The van der Waals surface area contributed by atoms with Crippen molar-refractivity contribution >= 4 is 0 Å². The normalized spacial score (nSPS) is 23.1. The molecular weight excluding hydrogens is 238 g/mol. The summed E-state index contributed by atoms with van der Waals surface area (Å²) >= 11 is 0. The maximum absolute atomic E-state index is 5.56. The molecule has 106 valence electrons. The summed E-state index contributed by atoms with van der Waals surface area (Å²) in [6.07, 6.45) is 5.04. The van der Waals surface area contributed by atoms with Crippen molar-refractivity contribution in [2.45, 2.75) is 44.6 Å². The number of likely N-dealkylation sites (N-methyl/N-ethyl adjacent to an activating group) is 1. The number of hydrogen-bond acceptors (Lipinski definition) is 3. The third kappa shape index (κ3) is 3.03. The van der Waals surface area contributed by atoms with Gasteiger partial charge in [0.15, 0.2) is 0 Å². The standard InChI is InChI=1S/C16H25NO2/c1-4-17-13-9-6-5-8-12(13)16-14(18-2)10-7-11-15(16)19-3/h7,10-13,17H,4-6,8-9H2,1-3H3. The molecule has 0 saturated heterocycles. The summed E-state index contributed by atoms with van der Waals surface area (Å²) in [6.45, 7) is 3.18. The smallest absolute Gasteiger partial charge is 0.126 e. The van der Waals surface area contributed by atoms with Gasteiger partial charge in [-0.3, -0.25) is 0 Å². The van der Waals surface area contributed by atoms with Gasteiger partial charge in [0.2, 0.25) is 0 Å². The van der Waals surface area contributed by atoms with Gasteiger partial charge in [-0.05, 0) is 31.5 Å². The van der Waals surface area contributed by atoms with Gasteiger partial charge in [0.05, 0.1) is 14.2 Å². The summed E-state index contributed by atoms with van der Waals surface area (Å²) in [6, 6.07) is 6.60. The van der Waals surface area contributed by atoms with E-state index in [4.69, 9.17) is 9.47 Å². The Morgan fingerprint density at radius 1 is 1.11 bits per heavy atom. The molecule has 0 amide bonds. The molecule has 1 saturated carbocycles. The second-order valence-corrected chi connectivity index (χ2v) is 5.13. The lowest BCUT2D eigenvalue weighted by atomic mass is 9.79. The number of hydrogen-bond donors (Lipinski definition) is 1. The number of nitrogens with one attached hydrogen (secondary N) is 1. The van der Waals surface area contributed by atoms with Gasteiger partial charge in [-0.1, -0.05) is 25.8 Å². The number of methoxy groups -OCH3 is 2. The summed E-state index contributed by atoms with van der Waals surface area (Å²) < 4.78 is 11.1. The van der Waals surface area contributed by atoms with Crippen molar-refractivity contribution in [2.24, 2.45) is 0 Å². The molecule has 2 atom stereocenters. The molecule has 1 aromatic carbocycles. The molecule has 0 radical (unpaired) electrons. The summed E-state index contributed by atoms with van der Waals surface area (Å²) in [5.41, 5.74) is 1.23. The highest BCUT2D eigenvalue weighted by Gasteiger charge is 2.30. The second kappa shape index (κ2) is 6.80.